The van der Waals surface area contributed by atoms with E-state index in [-0.39, 0.29) is 12.2 Å². The SMILES string of the molecule is COCCC(C)(O)CNC(=O)c1n[nH]c(C)c1N. The summed E-state index contributed by atoms with van der Waals surface area (Å²) >= 11 is 0. The number of methoxy groups -OCH3 is 1. The van der Waals surface area contributed by atoms with E-state index in [9.17, 15) is 9.90 Å². The third-order valence-corrected chi connectivity index (χ3v) is 2.68. The lowest BCUT2D eigenvalue weighted by atomic mass is 10.0. The summed E-state index contributed by atoms with van der Waals surface area (Å²) in [6.45, 7) is 3.90. The summed E-state index contributed by atoms with van der Waals surface area (Å²) in [6, 6.07) is 0. The number of aryl methyl sites for hydroxylation is 1. The standard InChI is InChI=1S/C11H20N4O3/c1-7-8(12)9(15-14-7)10(16)13-6-11(2,17)4-5-18-3/h17H,4-6,12H2,1-3H3,(H,13,16)(H,14,15). The number of ether oxygens (including phenoxy) is 1. The van der Waals surface area contributed by atoms with Gasteiger partial charge in [-0.05, 0) is 13.8 Å². The molecule has 1 aromatic heterocycles. The molecule has 1 unspecified atom stereocenters. The summed E-state index contributed by atoms with van der Waals surface area (Å²) in [6.07, 6.45) is 0.429. The Labute approximate surface area is 106 Å². The van der Waals surface area contributed by atoms with Crippen molar-refractivity contribution < 1.29 is 14.6 Å². The van der Waals surface area contributed by atoms with Crippen LogP contribution in [0.4, 0.5) is 5.69 Å². The molecule has 7 heteroatoms. The van der Waals surface area contributed by atoms with Gasteiger partial charge in [0.1, 0.15) is 0 Å². The summed E-state index contributed by atoms with van der Waals surface area (Å²) in [4.78, 5) is 11.8. The Morgan fingerprint density at radius 1 is 1.67 bits per heavy atom. The van der Waals surface area contributed by atoms with Gasteiger partial charge in [0.05, 0.1) is 17.0 Å². The van der Waals surface area contributed by atoms with Crippen LogP contribution in [0.5, 0.6) is 0 Å². The van der Waals surface area contributed by atoms with Gasteiger partial charge in [-0.3, -0.25) is 9.89 Å². The number of nitrogens with two attached hydrogens (primary N) is 1. The number of aromatic nitrogens is 2. The maximum absolute atomic E-state index is 11.8. The second-order valence-electron chi connectivity index (χ2n) is 4.53. The first-order chi connectivity index (χ1) is 8.37. The summed E-state index contributed by atoms with van der Waals surface area (Å²) in [5, 5.41) is 19.0. The number of hydrogen-bond donors (Lipinski definition) is 4. The average molecular weight is 256 g/mol. The fraction of sp³-hybridized carbons (Fsp3) is 0.636. The minimum absolute atomic E-state index is 0.112. The van der Waals surface area contributed by atoms with Gasteiger partial charge in [-0.1, -0.05) is 0 Å². The van der Waals surface area contributed by atoms with Crippen LogP contribution in [-0.4, -0.2) is 47.1 Å². The van der Waals surface area contributed by atoms with Gasteiger partial charge in [0.15, 0.2) is 5.69 Å². The number of nitrogen functional groups attached to an aromatic ring is 1. The molecule has 18 heavy (non-hydrogen) atoms. The molecule has 0 aromatic carbocycles. The molecule has 1 heterocycles. The molecule has 0 spiro atoms. The maximum atomic E-state index is 11.8. The van der Waals surface area contributed by atoms with Crippen LogP contribution in [0.2, 0.25) is 0 Å². The van der Waals surface area contributed by atoms with Crippen LogP contribution in [0.15, 0.2) is 0 Å². The Morgan fingerprint density at radius 3 is 2.83 bits per heavy atom. The molecule has 1 aromatic rings. The van der Waals surface area contributed by atoms with Crippen molar-refractivity contribution in [2.24, 2.45) is 0 Å². The summed E-state index contributed by atoms with van der Waals surface area (Å²) in [5.41, 5.74) is 5.78. The van der Waals surface area contributed by atoms with Gasteiger partial charge in [-0.2, -0.15) is 5.10 Å². The lowest BCUT2D eigenvalue weighted by Crippen LogP contribution is -2.41. The lowest BCUT2D eigenvalue weighted by molar-refractivity contribution is 0.0243. The Kier molecular flexibility index (Phi) is 4.69. The summed E-state index contributed by atoms with van der Waals surface area (Å²) in [7, 11) is 1.56. The number of nitrogens with one attached hydrogen (secondary N) is 2. The third-order valence-electron chi connectivity index (χ3n) is 2.68. The molecule has 0 fully saturated rings. The molecule has 0 radical (unpaired) electrons. The molecule has 0 saturated heterocycles. The zero-order valence-electron chi connectivity index (χ0n) is 10.9. The Morgan fingerprint density at radius 2 is 2.33 bits per heavy atom. The first kappa shape index (κ1) is 14.5. The second kappa shape index (κ2) is 5.83. The van der Waals surface area contributed by atoms with E-state index >= 15 is 0 Å². The number of carbonyl (C=O) groups excluding carboxylic acids is 1. The maximum Gasteiger partial charge on any atom is 0.274 e. The lowest BCUT2D eigenvalue weighted by Gasteiger charge is -2.22. The number of aromatic amines is 1. The van der Waals surface area contributed by atoms with Crippen LogP contribution < -0.4 is 11.1 Å². The Hall–Kier alpha value is -1.60. The normalized spacial score (nSPS) is 14.2. The van der Waals surface area contributed by atoms with Crippen molar-refractivity contribution >= 4 is 11.6 Å². The third kappa shape index (κ3) is 3.71. The highest BCUT2D eigenvalue weighted by atomic mass is 16.5. The highest BCUT2D eigenvalue weighted by Crippen LogP contribution is 2.13. The van der Waals surface area contributed by atoms with Gasteiger partial charge in [0.2, 0.25) is 0 Å². The van der Waals surface area contributed by atoms with Crippen LogP contribution in [0.1, 0.15) is 29.5 Å². The number of carbonyl (C=O) groups is 1. The van der Waals surface area contributed by atoms with E-state index in [1.807, 2.05) is 0 Å². The zero-order chi connectivity index (χ0) is 13.8. The largest absolute Gasteiger partial charge is 0.395 e. The van der Waals surface area contributed by atoms with Crippen molar-refractivity contribution in [3.05, 3.63) is 11.4 Å². The van der Waals surface area contributed by atoms with Crippen LogP contribution in [0.3, 0.4) is 0 Å². The van der Waals surface area contributed by atoms with Crippen molar-refractivity contribution in [2.45, 2.75) is 25.9 Å². The van der Waals surface area contributed by atoms with E-state index < -0.39 is 11.5 Å². The van der Waals surface area contributed by atoms with Crippen LogP contribution in [-0.2, 0) is 4.74 Å². The molecule has 7 nitrogen and oxygen atoms in total. The predicted octanol–water partition coefficient (Wildman–Crippen LogP) is -0.182. The topological polar surface area (TPSA) is 113 Å². The number of aliphatic hydroxyl groups is 1. The Balaban J connectivity index is 2.53. The fourth-order valence-electron chi connectivity index (χ4n) is 1.38. The molecule has 1 rings (SSSR count). The number of amides is 1. The first-order valence-corrected chi connectivity index (χ1v) is 5.67. The minimum Gasteiger partial charge on any atom is -0.395 e. The van der Waals surface area contributed by atoms with Crippen molar-refractivity contribution in [1.29, 1.82) is 0 Å². The molecule has 5 N–H and O–H groups in total. The van der Waals surface area contributed by atoms with Gasteiger partial charge >= 0.3 is 0 Å². The van der Waals surface area contributed by atoms with Gasteiger partial charge in [-0.15, -0.1) is 0 Å². The van der Waals surface area contributed by atoms with Gasteiger partial charge in [0.25, 0.3) is 5.91 Å². The van der Waals surface area contributed by atoms with E-state index in [0.29, 0.717) is 24.4 Å². The number of H-pyrrole nitrogens is 1. The molecular formula is C11H20N4O3. The highest BCUT2D eigenvalue weighted by molar-refractivity contribution is 5.97. The van der Waals surface area contributed by atoms with E-state index in [2.05, 4.69) is 15.5 Å². The van der Waals surface area contributed by atoms with Crippen molar-refractivity contribution in [2.75, 3.05) is 26.0 Å². The predicted molar refractivity (Wildman–Crippen MR) is 67.2 cm³/mol. The number of anilines is 1. The quantitative estimate of drug-likeness (QED) is 0.564. The monoisotopic (exact) mass is 256 g/mol. The van der Waals surface area contributed by atoms with Crippen molar-refractivity contribution in [3.8, 4) is 0 Å². The minimum atomic E-state index is -1.02. The Bertz CT molecular complexity index is 414. The van der Waals surface area contributed by atoms with Crippen LogP contribution in [0, 0.1) is 6.92 Å². The van der Waals surface area contributed by atoms with E-state index in [4.69, 9.17) is 10.5 Å². The summed E-state index contributed by atoms with van der Waals surface area (Å²) in [5.74, 6) is -0.408. The van der Waals surface area contributed by atoms with E-state index in [1.54, 1.807) is 21.0 Å². The second-order valence-corrected chi connectivity index (χ2v) is 4.53. The highest BCUT2D eigenvalue weighted by Gasteiger charge is 2.23. The first-order valence-electron chi connectivity index (χ1n) is 5.67. The number of hydrogen-bond acceptors (Lipinski definition) is 5. The van der Waals surface area contributed by atoms with E-state index in [0.717, 1.165) is 0 Å². The number of nitrogens with zero attached hydrogens (tertiary/aromatic N) is 1. The molecule has 0 aliphatic heterocycles. The molecular weight excluding hydrogens is 236 g/mol. The zero-order valence-corrected chi connectivity index (χ0v) is 10.9. The molecule has 0 saturated carbocycles. The summed E-state index contributed by atoms with van der Waals surface area (Å²) < 4.78 is 4.88. The number of rotatable bonds is 6. The van der Waals surface area contributed by atoms with E-state index in [1.165, 1.54) is 0 Å². The molecule has 102 valence electrons. The van der Waals surface area contributed by atoms with Crippen LogP contribution in [0.25, 0.3) is 0 Å². The van der Waals surface area contributed by atoms with Gasteiger partial charge in [-0.25, -0.2) is 0 Å². The van der Waals surface area contributed by atoms with Gasteiger partial charge in [0, 0.05) is 26.7 Å². The fourth-order valence-corrected chi connectivity index (χ4v) is 1.38. The van der Waals surface area contributed by atoms with Crippen LogP contribution >= 0.6 is 0 Å². The molecule has 1 amide bonds. The smallest absolute Gasteiger partial charge is 0.274 e. The average Bonchev–Trinajstić information content (AvgIpc) is 2.65. The molecule has 0 bridgehead atoms. The molecule has 1 atom stereocenters. The molecule has 0 aliphatic carbocycles. The van der Waals surface area contributed by atoms with Crippen molar-refractivity contribution in [1.82, 2.24) is 15.5 Å². The van der Waals surface area contributed by atoms with Gasteiger partial charge < -0.3 is 20.9 Å². The molecule has 0 aliphatic rings. The van der Waals surface area contributed by atoms with Crippen molar-refractivity contribution in [3.63, 3.8) is 0 Å².